The average Bonchev–Trinajstić information content (AvgIpc) is 2.74. The van der Waals surface area contributed by atoms with Gasteiger partial charge < -0.3 is 10.1 Å². The molecule has 0 aliphatic rings. The fourth-order valence-electron chi connectivity index (χ4n) is 2.66. The monoisotopic (exact) mass is 499 g/mol. The smallest absolute Gasteiger partial charge is 0.339 e. The topological polar surface area (TPSA) is 72.5 Å². The highest BCUT2D eigenvalue weighted by atomic mass is 127. The van der Waals surface area contributed by atoms with Crippen LogP contribution in [0.5, 0.6) is 0 Å². The maximum absolute atomic E-state index is 12.8. The second kappa shape index (κ2) is 9.47. The van der Waals surface area contributed by atoms with E-state index in [0.29, 0.717) is 11.3 Å². The number of ketones is 1. The van der Waals surface area contributed by atoms with Crippen LogP contribution < -0.4 is 5.32 Å². The Hall–Kier alpha value is -3.00. The lowest BCUT2D eigenvalue weighted by atomic mass is 9.98. The molecule has 0 bridgehead atoms. The van der Waals surface area contributed by atoms with E-state index in [1.54, 1.807) is 42.5 Å². The van der Waals surface area contributed by atoms with Gasteiger partial charge in [0.25, 0.3) is 5.91 Å². The minimum absolute atomic E-state index is 0.125. The van der Waals surface area contributed by atoms with Crippen LogP contribution in [0, 0.1) is 10.5 Å². The van der Waals surface area contributed by atoms with Crippen molar-refractivity contribution in [3.8, 4) is 0 Å². The molecule has 29 heavy (non-hydrogen) atoms. The second-order valence-corrected chi connectivity index (χ2v) is 7.62. The third kappa shape index (κ3) is 5.51. The molecule has 0 aliphatic heterocycles. The summed E-state index contributed by atoms with van der Waals surface area (Å²) in [6, 6.07) is 20.8. The standard InChI is InChI=1S/C23H18INO4/c1-15-6-8-16(9-7-15)22(27)19-4-2-3-5-20(19)23(28)29-14-21(26)25-18-12-10-17(24)11-13-18/h2-13H,14H2,1H3,(H,25,26). The number of halogens is 1. The van der Waals surface area contributed by atoms with Crippen molar-refractivity contribution >= 4 is 45.9 Å². The van der Waals surface area contributed by atoms with E-state index >= 15 is 0 Å². The van der Waals surface area contributed by atoms with Crippen molar-refractivity contribution in [3.63, 3.8) is 0 Å². The van der Waals surface area contributed by atoms with Crippen LogP contribution in [0.25, 0.3) is 0 Å². The molecule has 0 aliphatic carbocycles. The lowest BCUT2D eigenvalue weighted by Crippen LogP contribution is -2.22. The van der Waals surface area contributed by atoms with Crippen LogP contribution in [0.3, 0.4) is 0 Å². The molecule has 0 heterocycles. The van der Waals surface area contributed by atoms with Crippen molar-refractivity contribution in [2.45, 2.75) is 6.92 Å². The Morgan fingerprint density at radius 3 is 2.14 bits per heavy atom. The number of hydrogen-bond acceptors (Lipinski definition) is 4. The lowest BCUT2D eigenvalue weighted by molar-refractivity contribution is -0.119. The summed E-state index contributed by atoms with van der Waals surface area (Å²) in [7, 11) is 0. The Morgan fingerprint density at radius 1 is 0.862 bits per heavy atom. The fraction of sp³-hybridized carbons (Fsp3) is 0.0870. The van der Waals surface area contributed by atoms with Crippen molar-refractivity contribution in [1.82, 2.24) is 0 Å². The maximum Gasteiger partial charge on any atom is 0.339 e. The molecule has 0 unspecified atom stereocenters. The minimum atomic E-state index is -0.723. The van der Waals surface area contributed by atoms with Gasteiger partial charge in [-0.25, -0.2) is 4.79 Å². The van der Waals surface area contributed by atoms with Crippen LogP contribution in [-0.4, -0.2) is 24.3 Å². The van der Waals surface area contributed by atoms with Crippen molar-refractivity contribution < 1.29 is 19.1 Å². The zero-order chi connectivity index (χ0) is 20.8. The van der Waals surface area contributed by atoms with Gasteiger partial charge in [-0.15, -0.1) is 0 Å². The summed E-state index contributed by atoms with van der Waals surface area (Å²) in [5.41, 5.74) is 2.49. The summed E-state index contributed by atoms with van der Waals surface area (Å²) in [6.07, 6.45) is 0. The van der Waals surface area contributed by atoms with Crippen LogP contribution in [0.4, 0.5) is 5.69 Å². The van der Waals surface area contributed by atoms with Gasteiger partial charge >= 0.3 is 5.97 Å². The van der Waals surface area contributed by atoms with Gasteiger partial charge in [-0.2, -0.15) is 0 Å². The first-order valence-electron chi connectivity index (χ1n) is 8.87. The molecule has 5 nitrogen and oxygen atoms in total. The number of hydrogen-bond donors (Lipinski definition) is 1. The van der Waals surface area contributed by atoms with E-state index in [-0.39, 0.29) is 16.9 Å². The Labute approximate surface area is 182 Å². The summed E-state index contributed by atoms with van der Waals surface area (Å²) in [4.78, 5) is 37.4. The number of carbonyl (C=O) groups excluding carboxylic acids is 3. The molecular formula is C23H18INO4. The number of rotatable bonds is 6. The Balaban J connectivity index is 1.68. The highest BCUT2D eigenvalue weighted by Gasteiger charge is 2.19. The van der Waals surface area contributed by atoms with Crippen LogP contribution in [-0.2, 0) is 9.53 Å². The van der Waals surface area contributed by atoms with Crippen LogP contribution in [0.2, 0.25) is 0 Å². The van der Waals surface area contributed by atoms with Gasteiger partial charge in [0.2, 0.25) is 0 Å². The van der Waals surface area contributed by atoms with Gasteiger partial charge in [0.05, 0.1) is 5.56 Å². The molecule has 0 saturated heterocycles. The van der Waals surface area contributed by atoms with Crippen LogP contribution in [0.1, 0.15) is 31.8 Å². The van der Waals surface area contributed by atoms with E-state index in [1.807, 2.05) is 31.2 Å². The molecule has 3 rings (SSSR count). The molecule has 0 fully saturated rings. The van der Waals surface area contributed by atoms with E-state index in [1.165, 1.54) is 6.07 Å². The van der Waals surface area contributed by atoms with Gasteiger partial charge in [0.15, 0.2) is 12.4 Å². The molecule has 0 saturated carbocycles. The van der Waals surface area contributed by atoms with Gasteiger partial charge in [0, 0.05) is 20.4 Å². The molecule has 6 heteroatoms. The predicted molar refractivity (Wildman–Crippen MR) is 119 cm³/mol. The third-order valence-electron chi connectivity index (χ3n) is 4.17. The Kier molecular flexibility index (Phi) is 6.77. The molecule has 3 aromatic rings. The first-order valence-corrected chi connectivity index (χ1v) is 9.95. The number of anilines is 1. The predicted octanol–water partition coefficient (Wildman–Crippen LogP) is 4.63. The largest absolute Gasteiger partial charge is 0.452 e. The maximum atomic E-state index is 12.8. The summed E-state index contributed by atoms with van der Waals surface area (Å²) in [6.45, 7) is 1.48. The van der Waals surface area contributed by atoms with E-state index in [9.17, 15) is 14.4 Å². The van der Waals surface area contributed by atoms with Crippen molar-refractivity contribution in [3.05, 3.63) is 98.6 Å². The molecule has 0 spiro atoms. The number of amides is 1. The zero-order valence-electron chi connectivity index (χ0n) is 15.6. The first kappa shape index (κ1) is 20.7. The fourth-order valence-corrected chi connectivity index (χ4v) is 3.02. The average molecular weight is 499 g/mol. The summed E-state index contributed by atoms with van der Waals surface area (Å²) in [5.74, 6) is -1.46. The Bertz CT molecular complexity index is 1040. The van der Waals surface area contributed by atoms with E-state index in [0.717, 1.165) is 9.13 Å². The van der Waals surface area contributed by atoms with Gasteiger partial charge in [0.1, 0.15) is 0 Å². The number of carbonyl (C=O) groups is 3. The number of nitrogens with one attached hydrogen (secondary N) is 1. The van der Waals surface area contributed by atoms with Gasteiger partial charge in [-0.05, 0) is 59.8 Å². The number of esters is 1. The summed E-state index contributed by atoms with van der Waals surface area (Å²) < 4.78 is 6.17. The third-order valence-corrected chi connectivity index (χ3v) is 4.89. The number of ether oxygens (including phenoxy) is 1. The summed E-state index contributed by atoms with van der Waals surface area (Å²) in [5, 5.41) is 2.66. The number of aryl methyl sites for hydroxylation is 1. The van der Waals surface area contributed by atoms with Gasteiger partial charge in [-0.3, -0.25) is 9.59 Å². The van der Waals surface area contributed by atoms with Crippen molar-refractivity contribution in [1.29, 1.82) is 0 Å². The minimum Gasteiger partial charge on any atom is -0.452 e. The zero-order valence-corrected chi connectivity index (χ0v) is 17.8. The lowest BCUT2D eigenvalue weighted by Gasteiger charge is -2.10. The molecule has 146 valence electrons. The SMILES string of the molecule is Cc1ccc(C(=O)c2ccccc2C(=O)OCC(=O)Nc2ccc(I)cc2)cc1. The van der Waals surface area contributed by atoms with Crippen molar-refractivity contribution in [2.75, 3.05) is 11.9 Å². The van der Waals surface area contributed by atoms with Gasteiger partial charge in [-0.1, -0.05) is 48.0 Å². The van der Waals surface area contributed by atoms with Crippen LogP contribution in [0.15, 0.2) is 72.8 Å². The molecule has 0 radical (unpaired) electrons. The van der Waals surface area contributed by atoms with E-state index in [2.05, 4.69) is 27.9 Å². The highest BCUT2D eigenvalue weighted by molar-refractivity contribution is 14.1. The normalized spacial score (nSPS) is 10.3. The second-order valence-electron chi connectivity index (χ2n) is 6.37. The molecule has 0 aromatic heterocycles. The van der Waals surface area contributed by atoms with E-state index < -0.39 is 18.5 Å². The molecular weight excluding hydrogens is 481 g/mol. The summed E-state index contributed by atoms with van der Waals surface area (Å²) >= 11 is 2.17. The van der Waals surface area contributed by atoms with E-state index in [4.69, 9.17) is 4.74 Å². The first-order chi connectivity index (χ1) is 13.9. The molecule has 1 amide bonds. The van der Waals surface area contributed by atoms with Crippen molar-refractivity contribution in [2.24, 2.45) is 0 Å². The molecule has 0 atom stereocenters. The highest BCUT2D eigenvalue weighted by Crippen LogP contribution is 2.17. The molecule has 1 N–H and O–H groups in total. The Morgan fingerprint density at radius 2 is 1.48 bits per heavy atom. The number of benzene rings is 3. The molecule has 3 aromatic carbocycles. The van der Waals surface area contributed by atoms with Crippen LogP contribution >= 0.6 is 22.6 Å². The quantitative estimate of drug-likeness (QED) is 0.305.